The van der Waals surface area contributed by atoms with E-state index in [-0.39, 0.29) is 11.4 Å². The van der Waals surface area contributed by atoms with Gasteiger partial charge in [0.15, 0.2) is 0 Å². The van der Waals surface area contributed by atoms with Gasteiger partial charge in [0.1, 0.15) is 5.75 Å². The number of hydrogen-bond donors (Lipinski definition) is 0. The molecule has 1 aromatic carbocycles. The number of carbonyl (C=O) groups is 2. The first kappa shape index (κ1) is 13.2. The summed E-state index contributed by atoms with van der Waals surface area (Å²) in [6.07, 6.45) is 2.25. The van der Waals surface area contributed by atoms with Gasteiger partial charge in [0, 0.05) is 18.2 Å². The van der Waals surface area contributed by atoms with Crippen LogP contribution in [0.5, 0.6) is 5.75 Å². The van der Waals surface area contributed by atoms with E-state index in [2.05, 4.69) is 8.37 Å². The average molecular weight is 283 g/mol. The van der Waals surface area contributed by atoms with Crippen LogP contribution in [0.2, 0.25) is 0 Å². The maximum atomic E-state index is 11.5. The molecule has 7 nitrogen and oxygen atoms in total. The van der Waals surface area contributed by atoms with Crippen LogP contribution in [0.1, 0.15) is 0 Å². The van der Waals surface area contributed by atoms with Crippen molar-refractivity contribution in [2.75, 3.05) is 12.0 Å². The molecule has 0 saturated carbocycles. The second-order valence-electron chi connectivity index (χ2n) is 3.50. The van der Waals surface area contributed by atoms with Crippen LogP contribution in [0.3, 0.4) is 0 Å². The van der Waals surface area contributed by atoms with Gasteiger partial charge in [-0.3, -0.25) is 9.59 Å². The van der Waals surface area contributed by atoms with Gasteiger partial charge >= 0.3 is 10.4 Å². The number of hydrogen-bond acceptors (Lipinski definition) is 6. The van der Waals surface area contributed by atoms with Crippen LogP contribution in [0.4, 0.5) is 5.69 Å². The smallest absolute Gasteiger partial charge is 0.362 e. The van der Waals surface area contributed by atoms with Gasteiger partial charge in [0.2, 0.25) is 0 Å². The zero-order valence-electron chi connectivity index (χ0n) is 9.77. The molecular formula is C11H9NO6S. The van der Waals surface area contributed by atoms with Gasteiger partial charge in [-0.05, 0) is 12.1 Å². The lowest BCUT2D eigenvalue weighted by Crippen LogP contribution is -2.29. The van der Waals surface area contributed by atoms with E-state index >= 15 is 0 Å². The van der Waals surface area contributed by atoms with E-state index in [9.17, 15) is 18.0 Å². The monoisotopic (exact) mass is 283 g/mol. The molecule has 0 radical (unpaired) electrons. The number of benzene rings is 1. The molecule has 2 rings (SSSR count). The Labute approximate surface area is 109 Å². The lowest BCUT2D eigenvalue weighted by Gasteiger charge is -2.14. The first-order valence-corrected chi connectivity index (χ1v) is 6.42. The van der Waals surface area contributed by atoms with Gasteiger partial charge in [-0.2, -0.15) is 8.42 Å². The Morgan fingerprint density at radius 1 is 1.11 bits per heavy atom. The fourth-order valence-electron chi connectivity index (χ4n) is 1.48. The van der Waals surface area contributed by atoms with Crippen molar-refractivity contribution in [3.63, 3.8) is 0 Å². The van der Waals surface area contributed by atoms with Crippen molar-refractivity contribution in [2.24, 2.45) is 0 Å². The third-order valence-corrected chi connectivity index (χ3v) is 3.09. The summed E-state index contributed by atoms with van der Waals surface area (Å²) in [5, 5.41) is 0. The third kappa shape index (κ3) is 2.80. The summed E-state index contributed by atoms with van der Waals surface area (Å²) in [5.41, 5.74) is 0.212. The van der Waals surface area contributed by atoms with Crippen molar-refractivity contribution in [2.45, 2.75) is 0 Å². The fraction of sp³-hybridized carbons (Fsp3) is 0.0909. The molecule has 8 heteroatoms. The molecule has 0 bridgehead atoms. The molecule has 0 aromatic heterocycles. The van der Waals surface area contributed by atoms with E-state index in [1.165, 1.54) is 24.3 Å². The summed E-state index contributed by atoms with van der Waals surface area (Å²) >= 11 is 0. The zero-order chi connectivity index (χ0) is 14.0. The number of anilines is 1. The quantitative estimate of drug-likeness (QED) is 0.742. The van der Waals surface area contributed by atoms with Crippen molar-refractivity contribution in [3.8, 4) is 5.75 Å². The van der Waals surface area contributed by atoms with Crippen molar-refractivity contribution in [1.82, 2.24) is 0 Å². The highest BCUT2D eigenvalue weighted by Gasteiger charge is 2.25. The Balaban J connectivity index is 2.30. The molecule has 2 amide bonds. The number of amides is 2. The topological polar surface area (TPSA) is 90.0 Å². The van der Waals surface area contributed by atoms with Gasteiger partial charge in [0.05, 0.1) is 12.8 Å². The molecule has 0 aliphatic carbocycles. The number of rotatable bonds is 4. The van der Waals surface area contributed by atoms with E-state index in [0.717, 1.165) is 24.2 Å². The molecule has 1 aromatic rings. The zero-order valence-corrected chi connectivity index (χ0v) is 10.6. The van der Waals surface area contributed by atoms with Gasteiger partial charge < -0.3 is 4.18 Å². The Morgan fingerprint density at radius 3 is 2.32 bits per heavy atom. The molecule has 0 fully saturated rings. The molecular weight excluding hydrogens is 274 g/mol. The van der Waals surface area contributed by atoms with Crippen LogP contribution in [0.15, 0.2) is 36.4 Å². The molecule has 100 valence electrons. The molecule has 1 aliphatic rings. The Hall–Kier alpha value is -2.19. The maximum Gasteiger partial charge on any atom is 0.448 e. The largest absolute Gasteiger partial charge is 0.448 e. The SMILES string of the molecule is COS(=O)(=O)Oc1cccc(N2C(=O)C=CC2=O)c1. The molecule has 1 aliphatic heterocycles. The molecule has 0 atom stereocenters. The lowest BCUT2D eigenvalue weighted by atomic mass is 10.3. The van der Waals surface area contributed by atoms with E-state index < -0.39 is 22.2 Å². The van der Waals surface area contributed by atoms with Crippen LogP contribution in [-0.2, 0) is 24.2 Å². The van der Waals surface area contributed by atoms with Crippen molar-refractivity contribution >= 4 is 27.9 Å². The van der Waals surface area contributed by atoms with Crippen molar-refractivity contribution in [3.05, 3.63) is 36.4 Å². The minimum atomic E-state index is -4.14. The minimum Gasteiger partial charge on any atom is -0.362 e. The highest BCUT2D eigenvalue weighted by Crippen LogP contribution is 2.24. The molecule has 0 spiro atoms. The standard InChI is InChI=1S/C11H9NO6S/c1-17-19(15,16)18-9-4-2-3-8(7-9)12-10(13)5-6-11(12)14/h2-7H,1H3. The third-order valence-electron chi connectivity index (χ3n) is 2.29. The predicted octanol–water partition coefficient (Wildman–Crippen LogP) is 0.386. The van der Waals surface area contributed by atoms with Gasteiger partial charge in [-0.15, -0.1) is 0 Å². The average Bonchev–Trinajstić information content (AvgIpc) is 2.69. The molecule has 0 N–H and O–H groups in total. The Kier molecular flexibility index (Phi) is 3.36. The summed E-state index contributed by atoms with van der Waals surface area (Å²) in [6, 6.07) is 5.54. The molecule has 0 unspecified atom stereocenters. The van der Waals surface area contributed by atoms with E-state index in [1.807, 2.05) is 0 Å². The predicted molar refractivity (Wildman–Crippen MR) is 64.6 cm³/mol. The van der Waals surface area contributed by atoms with E-state index in [0.29, 0.717) is 0 Å². The summed E-state index contributed by atoms with van der Waals surface area (Å²) in [5.74, 6) is -1.07. The molecule has 1 heterocycles. The van der Waals surface area contributed by atoms with Crippen LogP contribution in [0, 0.1) is 0 Å². The van der Waals surface area contributed by atoms with Crippen LogP contribution in [0.25, 0.3) is 0 Å². The van der Waals surface area contributed by atoms with E-state index in [4.69, 9.17) is 0 Å². The first-order chi connectivity index (χ1) is 8.93. The second kappa shape index (κ2) is 4.82. The second-order valence-corrected chi connectivity index (χ2v) is 4.82. The molecule has 0 saturated heterocycles. The summed E-state index contributed by atoms with van der Waals surface area (Å²) in [4.78, 5) is 23.8. The summed E-state index contributed by atoms with van der Waals surface area (Å²) in [7, 11) is -3.19. The van der Waals surface area contributed by atoms with Crippen molar-refractivity contribution < 1.29 is 26.4 Å². The summed E-state index contributed by atoms with van der Waals surface area (Å²) < 4.78 is 31.0. The minimum absolute atomic E-state index is 0.0631. The van der Waals surface area contributed by atoms with Gasteiger partial charge in [0.25, 0.3) is 11.8 Å². The summed E-state index contributed by atoms with van der Waals surface area (Å²) in [6.45, 7) is 0. The first-order valence-electron chi connectivity index (χ1n) is 5.09. The Morgan fingerprint density at radius 2 is 1.74 bits per heavy atom. The Bertz CT molecular complexity index is 646. The normalized spacial score (nSPS) is 15.1. The van der Waals surface area contributed by atoms with E-state index in [1.54, 1.807) is 0 Å². The number of nitrogens with zero attached hydrogens (tertiary/aromatic N) is 1. The highest BCUT2D eigenvalue weighted by atomic mass is 32.3. The van der Waals surface area contributed by atoms with Crippen molar-refractivity contribution in [1.29, 1.82) is 0 Å². The molecule has 19 heavy (non-hydrogen) atoms. The number of carbonyl (C=O) groups excluding carboxylic acids is 2. The fourth-order valence-corrected chi connectivity index (χ4v) is 1.89. The van der Waals surface area contributed by atoms with Gasteiger partial charge in [-0.25, -0.2) is 9.08 Å². The maximum absolute atomic E-state index is 11.5. The van der Waals surface area contributed by atoms with Crippen LogP contribution in [-0.4, -0.2) is 27.3 Å². The lowest BCUT2D eigenvalue weighted by molar-refractivity contribution is -0.119. The van der Waals surface area contributed by atoms with Crippen LogP contribution >= 0.6 is 0 Å². The van der Waals surface area contributed by atoms with Crippen LogP contribution < -0.4 is 9.08 Å². The number of imide groups is 1. The van der Waals surface area contributed by atoms with Gasteiger partial charge in [-0.1, -0.05) is 6.07 Å². The highest BCUT2D eigenvalue weighted by molar-refractivity contribution is 7.82.